The number of para-hydroxylation sites is 1. The molecule has 1 heterocycles. The van der Waals surface area contributed by atoms with Crippen molar-refractivity contribution in [1.82, 2.24) is 0 Å². The molecule has 3 nitrogen and oxygen atoms in total. The van der Waals surface area contributed by atoms with Crippen molar-refractivity contribution in [2.75, 3.05) is 5.32 Å². The lowest BCUT2D eigenvalue weighted by Crippen LogP contribution is -2.09. The maximum absolute atomic E-state index is 12.3. The zero-order valence-corrected chi connectivity index (χ0v) is 14.8. The third-order valence-electron chi connectivity index (χ3n) is 4.04. The van der Waals surface area contributed by atoms with E-state index < -0.39 is 0 Å². The third kappa shape index (κ3) is 3.76. The Kier molecular flexibility index (Phi) is 4.67. The summed E-state index contributed by atoms with van der Waals surface area (Å²) in [5, 5.41) is 7.20. The molecule has 4 rings (SSSR count). The van der Waals surface area contributed by atoms with Crippen LogP contribution in [0.5, 0.6) is 5.75 Å². The number of benzene rings is 3. The maximum atomic E-state index is 12.3. The van der Waals surface area contributed by atoms with Crippen molar-refractivity contribution in [3.05, 3.63) is 94.7 Å². The molecule has 0 radical (unpaired) electrons. The van der Waals surface area contributed by atoms with Gasteiger partial charge in [0.1, 0.15) is 12.4 Å². The van der Waals surface area contributed by atoms with Gasteiger partial charge in [-0.15, -0.1) is 11.3 Å². The van der Waals surface area contributed by atoms with Gasteiger partial charge in [-0.25, -0.2) is 0 Å². The van der Waals surface area contributed by atoms with E-state index in [9.17, 15) is 4.79 Å². The Hall–Kier alpha value is -3.11. The van der Waals surface area contributed by atoms with Crippen LogP contribution >= 0.6 is 11.3 Å². The summed E-state index contributed by atoms with van der Waals surface area (Å²) >= 11 is 1.42. The van der Waals surface area contributed by atoms with Gasteiger partial charge in [0.15, 0.2) is 0 Å². The first kappa shape index (κ1) is 16.4. The minimum Gasteiger partial charge on any atom is -0.489 e. The molecule has 4 aromatic rings. The van der Waals surface area contributed by atoms with Crippen LogP contribution in [0.2, 0.25) is 0 Å². The van der Waals surface area contributed by atoms with Gasteiger partial charge < -0.3 is 10.1 Å². The molecule has 0 saturated carbocycles. The van der Waals surface area contributed by atoms with Crippen molar-refractivity contribution < 1.29 is 9.53 Å². The average molecular weight is 359 g/mol. The molecule has 3 aromatic carbocycles. The summed E-state index contributed by atoms with van der Waals surface area (Å²) in [5.74, 6) is 0.725. The van der Waals surface area contributed by atoms with Gasteiger partial charge in [-0.05, 0) is 46.5 Å². The molecule has 0 saturated heterocycles. The van der Waals surface area contributed by atoms with Crippen LogP contribution in [0.25, 0.3) is 10.8 Å². The first-order chi connectivity index (χ1) is 12.8. The van der Waals surface area contributed by atoms with Gasteiger partial charge in [-0.3, -0.25) is 4.79 Å². The van der Waals surface area contributed by atoms with Crippen LogP contribution in [-0.2, 0) is 6.61 Å². The van der Waals surface area contributed by atoms with Gasteiger partial charge in [0.05, 0.1) is 4.88 Å². The standard InChI is InChI=1S/C22H17NO2S/c24-22(23-19-8-2-1-3-9-19)21-12-16(15-26-21)14-25-20-11-10-17-6-4-5-7-18(17)13-20/h1-13,15H,14H2,(H,23,24). The number of amides is 1. The number of thiophene rings is 1. The summed E-state index contributed by atoms with van der Waals surface area (Å²) in [6.07, 6.45) is 0. The molecule has 0 fully saturated rings. The van der Waals surface area contributed by atoms with Crippen LogP contribution in [-0.4, -0.2) is 5.91 Å². The number of nitrogens with one attached hydrogen (secondary N) is 1. The van der Waals surface area contributed by atoms with E-state index >= 15 is 0 Å². The Morgan fingerprint density at radius 1 is 0.885 bits per heavy atom. The zero-order valence-electron chi connectivity index (χ0n) is 14.0. The van der Waals surface area contributed by atoms with E-state index in [4.69, 9.17) is 4.74 Å². The van der Waals surface area contributed by atoms with Crippen molar-refractivity contribution in [3.63, 3.8) is 0 Å². The molecule has 0 bridgehead atoms. The highest BCUT2D eigenvalue weighted by Gasteiger charge is 2.10. The Bertz CT molecular complexity index is 1040. The fourth-order valence-corrected chi connectivity index (χ4v) is 3.50. The van der Waals surface area contributed by atoms with Gasteiger partial charge in [-0.1, -0.05) is 48.5 Å². The molecule has 128 valence electrons. The quantitative estimate of drug-likeness (QED) is 0.494. The van der Waals surface area contributed by atoms with Crippen molar-refractivity contribution >= 4 is 33.7 Å². The summed E-state index contributed by atoms with van der Waals surface area (Å²) in [4.78, 5) is 13.0. The van der Waals surface area contributed by atoms with E-state index in [1.807, 2.05) is 66.0 Å². The van der Waals surface area contributed by atoms with Crippen molar-refractivity contribution in [3.8, 4) is 5.75 Å². The smallest absolute Gasteiger partial charge is 0.265 e. The van der Waals surface area contributed by atoms with Crippen LogP contribution in [0.3, 0.4) is 0 Å². The second-order valence-corrected chi connectivity index (χ2v) is 6.85. The molecule has 0 spiro atoms. The summed E-state index contributed by atoms with van der Waals surface area (Å²) in [6, 6.07) is 25.6. The second-order valence-electron chi connectivity index (χ2n) is 5.94. The summed E-state index contributed by atoms with van der Waals surface area (Å²) in [7, 11) is 0. The molecule has 26 heavy (non-hydrogen) atoms. The third-order valence-corrected chi connectivity index (χ3v) is 5.01. The largest absolute Gasteiger partial charge is 0.489 e. The number of rotatable bonds is 5. The lowest BCUT2D eigenvalue weighted by molar-refractivity contribution is 0.103. The molecule has 1 amide bonds. The molecule has 0 aliphatic carbocycles. The number of carbonyl (C=O) groups excluding carboxylic acids is 1. The highest BCUT2D eigenvalue weighted by atomic mass is 32.1. The van der Waals surface area contributed by atoms with E-state index in [0.717, 1.165) is 22.4 Å². The first-order valence-corrected chi connectivity index (χ1v) is 9.21. The highest BCUT2D eigenvalue weighted by Crippen LogP contribution is 2.23. The van der Waals surface area contributed by atoms with Crippen LogP contribution in [0.15, 0.2) is 84.2 Å². The van der Waals surface area contributed by atoms with Gasteiger partial charge in [0.25, 0.3) is 5.91 Å². The predicted molar refractivity (Wildman–Crippen MR) is 107 cm³/mol. The summed E-state index contributed by atoms with van der Waals surface area (Å²) in [6.45, 7) is 0.438. The topological polar surface area (TPSA) is 38.3 Å². The number of ether oxygens (including phenoxy) is 1. The number of anilines is 1. The van der Waals surface area contributed by atoms with Gasteiger partial charge >= 0.3 is 0 Å². The summed E-state index contributed by atoms with van der Waals surface area (Å²) in [5.41, 5.74) is 1.78. The highest BCUT2D eigenvalue weighted by molar-refractivity contribution is 7.12. The van der Waals surface area contributed by atoms with Crippen molar-refractivity contribution in [2.24, 2.45) is 0 Å². The van der Waals surface area contributed by atoms with Crippen LogP contribution in [0.1, 0.15) is 15.2 Å². The molecular formula is C22H17NO2S. The van der Waals surface area contributed by atoms with Gasteiger partial charge in [0.2, 0.25) is 0 Å². The lowest BCUT2D eigenvalue weighted by Gasteiger charge is -2.06. The molecular weight excluding hydrogens is 342 g/mol. The Labute approximate surface area is 155 Å². The SMILES string of the molecule is O=C(Nc1ccccc1)c1cc(COc2ccc3ccccc3c2)cs1. The van der Waals surface area contributed by atoms with E-state index in [2.05, 4.69) is 23.5 Å². The second kappa shape index (κ2) is 7.42. The Balaban J connectivity index is 1.40. The van der Waals surface area contributed by atoms with Crippen LogP contribution in [0.4, 0.5) is 5.69 Å². The first-order valence-electron chi connectivity index (χ1n) is 8.33. The molecule has 4 heteroatoms. The van der Waals surface area contributed by atoms with E-state index in [-0.39, 0.29) is 5.91 Å². The monoisotopic (exact) mass is 359 g/mol. The Morgan fingerprint density at radius 3 is 2.50 bits per heavy atom. The van der Waals surface area contributed by atoms with E-state index in [1.54, 1.807) is 0 Å². The fourth-order valence-electron chi connectivity index (χ4n) is 2.71. The van der Waals surface area contributed by atoms with Gasteiger partial charge in [-0.2, -0.15) is 0 Å². The minimum absolute atomic E-state index is 0.0989. The molecule has 1 N–H and O–H groups in total. The molecule has 1 aromatic heterocycles. The maximum Gasteiger partial charge on any atom is 0.265 e. The molecule has 0 aliphatic heterocycles. The average Bonchev–Trinajstić information content (AvgIpc) is 3.16. The van der Waals surface area contributed by atoms with Crippen molar-refractivity contribution in [2.45, 2.75) is 6.61 Å². The number of hydrogen-bond donors (Lipinski definition) is 1. The van der Waals surface area contributed by atoms with Crippen LogP contribution in [0, 0.1) is 0 Å². The van der Waals surface area contributed by atoms with E-state index in [1.165, 1.54) is 16.7 Å². The molecule has 0 atom stereocenters. The van der Waals surface area contributed by atoms with E-state index in [0.29, 0.717) is 11.5 Å². The fraction of sp³-hybridized carbons (Fsp3) is 0.0455. The van der Waals surface area contributed by atoms with Crippen LogP contribution < -0.4 is 10.1 Å². The summed E-state index contributed by atoms with van der Waals surface area (Å²) < 4.78 is 5.89. The number of fused-ring (bicyclic) bond motifs is 1. The number of hydrogen-bond acceptors (Lipinski definition) is 3. The van der Waals surface area contributed by atoms with Gasteiger partial charge in [0, 0.05) is 11.3 Å². The zero-order chi connectivity index (χ0) is 17.8. The normalized spacial score (nSPS) is 10.6. The minimum atomic E-state index is -0.0989. The number of carbonyl (C=O) groups is 1. The molecule has 0 aliphatic rings. The predicted octanol–water partition coefficient (Wildman–Crippen LogP) is 5.73. The molecule has 0 unspecified atom stereocenters. The van der Waals surface area contributed by atoms with Crippen molar-refractivity contribution in [1.29, 1.82) is 0 Å². The lowest BCUT2D eigenvalue weighted by atomic mass is 10.1. The Morgan fingerprint density at radius 2 is 1.65 bits per heavy atom.